The summed E-state index contributed by atoms with van der Waals surface area (Å²) < 4.78 is 4.89. The summed E-state index contributed by atoms with van der Waals surface area (Å²) in [5, 5.41) is 11.8. The molecule has 0 saturated heterocycles. The molecule has 1 aliphatic rings. The molecule has 0 aliphatic heterocycles. The molecule has 1 amide bonds. The number of nitrogens with one attached hydrogen (secondary N) is 1. The molecule has 0 heterocycles. The van der Waals surface area contributed by atoms with E-state index in [0.717, 1.165) is 32.1 Å². The topological polar surface area (TPSA) is 75.6 Å². The molecule has 1 saturated carbocycles. The van der Waals surface area contributed by atoms with Crippen molar-refractivity contribution in [1.82, 2.24) is 5.32 Å². The average molecular weight is 271 g/mol. The number of carbonyl (C=O) groups is 2. The molecule has 5 heteroatoms. The molecule has 0 spiro atoms. The molecular weight excluding hydrogens is 246 g/mol. The Labute approximate surface area is 114 Å². The van der Waals surface area contributed by atoms with Gasteiger partial charge in [-0.3, -0.25) is 4.79 Å². The fourth-order valence-corrected chi connectivity index (χ4v) is 2.77. The van der Waals surface area contributed by atoms with Gasteiger partial charge in [-0.15, -0.1) is 0 Å². The SMILES string of the molecule is CCC1(C(=O)NC(CCOC)C(=O)O)CCCCC1. The third kappa shape index (κ3) is 4.20. The number of hydrogen-bond acceptors (Lipinski definition) is 3. The Bertz CT molecular complexity index is 311. The van der Waals surface area contributed by atoms with Crippen molar-refractivity contribution in [3.63, 3.8) is 0 Å². The van der Waals surface area contributed by atoms with E-state index in [1.54, 1.807) is 0 Å². The molecule has 19 heavy (non-hydrogen) atoms. The monoisotopic (exact) mass is 271 g/mol. The number of carboxylic acid groups (broad SMARTS) is 1. The molecular formula is C14H25NO4. The van der Waals surface area contributed by atoms with Crippen LogP contribution in [0.4, 0.5) is 0 Å². The number of carbonyl (C=O) groups excluding carboxylic acids is 1. The summed E-state index contributed by atoms with van der Waals surface area (Å²) in [5.41, 5.74) is -0.362. The van der Waals surface area contributed by atoms with Crippen LogP contribution in [0, 0.1) is 5.41 Å². The Morgan fingerprint density at radius 1 is 1.32 bits per heavy atom. The highest BCUT2D eigenvalue weighted by Crippen LogP contribution is 2.39. The minimum atomic E-state index is -0.993. The highest BCUT2D eigenvalue weighted by atomic mass is 16.5. The van der Waals surface area contributed by atoms with Gasteiger partial charge in [0.25, 0.3) is 0 Å². The van der Waals surface area contributed by atoms with Crippen molar-refractivity contribution in [3.05, 3.63) is 0 Å². The zero-order valence-electron chi connectivity index (χ0n) is 11.9. The number of amides is 1. The van der Waals surface area contributed by atoms with Crippen molar-refractivity contribution in [3.8, 4) is 0 Å². The van der Waals surface area contributed by atoms with Crippen LogP contribution in [-0.4, -0.2) is 36.7 Å². The molecule has 1 fully saturated rings. The molecule has 1 rings (SSSR count). The normalized spacial score (nSPS) is 19.7. The summed E-state index contributed by atoms with van der Waals surface area (Å²) in [4.78, 5) is 23.6. The average Bonchev–Trinajstić information content (AvgIpc) is 2.43. The van der Waals surface area contributed by atoms with E-state index in [4.69, 9.17) is 9.84 Å². The Balaban J connectivity index is 2.65. The summed E-state index contributed by atoms with van der Waals surface area (Å²) in [6.07, 6.45) is 6.08. The van der Waals surface area contributed by atoms with Gasteiger partial charge in [-0.25, -0.2) is 4.79 Å². The van der Waals surface area contributed by atoms with Gasteiger partial charge < -0.3 is 15.2 Å². The number of methoxy groups -OCH3 is 1. The van der Waals surface area contributed by atoms with Crippen LogP contribution in [0.2, 0.25) is 0 Å². The lowest BCUT2D eigenvalue weighted by atomic mass is 9.71. The molecule has 0 aromatic carbocycles. The molecule has 0 radical (unpaired) electrons. The predicted octanol–water partition coefficient (Wildman–Crippen LogP) is 1.95. The van der Waals surface area contributed by atoms with Gasteiger partial charge in [0.05, 0.1) is 0 Å². The summed E-state index contributed by atoms with van der Waals surface area (Å²) in [6, 6.07) is -0.849. The largest absolute Gasteiger partial charge is 0.480 e. The highest BCUT2D eigenvalue weighted by Gasteiger charge is 2.39. The first kappa shape index (κ1) is 16.0. The standard InChI is InChI=1S/C14H25NO4/c1-3-14(8-5-4-6-9-14)13(18)15-11(12(16)17)7-10-19-2/h11H,3-10H2,1-2H3,(H,15,18)(H,16,17). The maximum absolute atomic E-state index is 12.4. The van der Waals surface area contributed by atoms with Crippen LogP contribution in [0.15, 0.2) is 0 Å². The van der Waals surface area contributed by atoms with Crippen LogP contribution >= 0.6 is 0 Å². The minimum Gasteiger partial charge on any atom is -0.480 e. The van der Waals surface area contributed by atoms with Crippen LogP contribution in [-0.2, 0) is 14.3 Å². The van der Waals surface area contributed by atoms with Gasteiger partial charge >= 0.3 is 5.97 Å². The van der Waals surface area contributed by atoms with Gasteiger partial charge in [-0.2, -0.15) is 0 Å². The van der Waals surface area contributed by atoms with E-state index in [1.165, 1.54) is 13.5 Å². The molecule has 1 unspecified atom stereocenters. The van der Waals surface area contributed by atoms with Crippen LogP contribution in [0.5, 0.6) is 0 Å². The summed E-state index contributed by atoms with van der Waals surface area (Å²) in [7, 11) is 1.52. The van der Waals surface area contributed by atoms with Gasteiger partial charge in [-0.05, 0) is 19.3 Å². The third-order valence-electron chi connectivity index (χ3n) is 4.18. The maximum atomic E-state index is 12.4. The van der Waals surface area contributed by atoms with Gasteiger partial charge in [0.2, 0.25) is 5.91 Å². The van der Waals surface area contributed by atoms with E-state index in [9.17, 15) is 9.59 Å². The minimum absolute atomic E-state index is 0.0989. The van der Waals surface area contributed by atoms with Crippen molar-refractivity contribution in [1.29, 1.82) is 0 Å². The number of ether oxygens (including phenoxy) is 1. The number of rotatable bonds is 7. The quantitative estimate of drug-likeness (QED) is 0.742. The first-order valence-corrected chi connectivity index (χ1v) is 7.08. The lowest BCUT2D eigenvalue weighted by molar-refractivity contribution is -0.145. The van der Waals surface area contributed by atoms with Crippen molar-refractivity contribution < 1.29 is 19.4 Å². The van der Waals surface area contributed by atoms with Gasteiger partial charge in [0, 0.05) is 25.6 Å². The van der Waals surface area contributed by atoms with Gasteiger partial charge in [0.15, 0.2) is 0 Å². The fourth-order valence-electron chi connectivity index (χ4n) is 2.77. The zero-order valence-corrected chi connectivity index (χ0v) is 11.9. The molecule has 1 aliphatic carbocycles. The second kappa shape index (κ2) is 7.48. The second-order valence-electron chi connectivity index (χ2n) is 5.34. The summed E-state index contributed by atoms with van der Waals surface area (Å²) in [6.45, 7) is 2.34. The third-order valence-corrected chi connectivity index (χ3v) is 4.18. The molecule has 0 aromatic rings. The zero-order chi connectivity index (χ0) is 14.3. The lowest BCUT2D eigenvalue weighted by Gasteiger charge is -2.35. The smallest absolute Gasteiger partial charge is 0.326 e. The van der Waals surface area contributed by atoms with Crippen molar-refractivity contribution in [2.24, 2.45) is 5.41 Å². The number of hydrogen-bond donors (Lipinski definition) is 2. The summed E-state index contributed by atoms with van der Waals surface area (Å²) in [5.74, 6) is -1.09. The lowest BCUT2D eigenvalue weighted by Crippen LogP contribution is -2.49. The van der Waals surface area contributed by atoms with E-state index in [1.807, 2.05) is 6.92 Å². The first-order valence-electron chi connectivity index (χ1n) is 7.08. The first-order chi connectivity index (χ1) is 9.05. The van der Waals surface area contributed by atoms with Crippen molar-refractivity contribution in [2.75, 3.05) is 13.7 Å². The Morgan fingerprint density at radius 3 is 2.42 bits per heavy atom. The summed E-state index contributed by atoms with van der Waals surface area (Å²) >= 11 is 0. The maximum Gasteiger partial charge on any atom is 0.326 e. The van der Waals surface area contributed by atoms with Gasteiger partial charge in [0.1, 0.15) is 6.04 Å². The number of carboxylic acids is 1. The van der Waals surface area contributed by atoms with Gasteiger partial charge in [-0.1, -0.05) is 26.2 Å². The molecule has 1 atom stereocenters. The molecule has 0 aromatic heterocycles. The van der Waals surface area contributed by atoms with E-state index in [2.05, 4.69) is 5.32 Å². The second-order valence-corrected chi connectivity index (χ2v) is 5.34. The number of aliphatic carboxylic acids is 1. The molecule has 5 nitrogen and oxygen atoms in total. The van der Waals surface area contributed by atoms with Crippen molar-refractivity contribution in [2.45, 2.75) is 57.9 Å². The van der Waals surface area contributed by atoms with Crippen LogP contribution < -0.4 is 5.32 Å². The van der Waals surface area contributed by atoms with Crippen LogP contribution in [0.25, 0.3) is 0 Å². The van der Waals surface area contributed by atoms with E-state index in [0.29, 0.717) is 13.0 Å². The Morgan fingerprint density at radius 2 is 1.95 bits per heavy atom. The highest BCUT2D eigenvalue weighted by molar-refractivity contribution is 5.87. The Kier molecular flexibility index (Phi) is 6.28. The molecule has 110 valence electrons. The van der Waals surface area contributed by atoms with Crippen LogP contribution in [0.1, 0.15) is 51.9 Å². The predicted molar refractivity (Wildman–Crippen MR) is 71.9 cm³/mol. The van der Waals surface area contributed by atoms with Crippen LogP contribution in [0.3, 0.4) is 0 Å². The van der Waals surface area contributed by atoms with Crippen molar-refractivity contribution >= 4 is 11.9 Å². The molecule has 2 N–H and O–H groups in total. The van der Waals surface area contributed by atoms with E-state index in [-0.39, 0.29) is 11.3 Å². The Hall–Kier alpha value is -1.10. The van der Waals surface area contributed by atoms with E-state index >= 15 is 0 Å². The molecule has 0 bridgehead atoms. The fraction of sp³-hybridized carbons (Fsp3) is 0.857. The van der Waals surface area contributed by atoms with E-state index < -0.39 is 12.0 Å².